The van der Waals surface area contributed by atoms with Gasteiger partial charge in [-0.1, -0.05) is 35.8 Å². The third kappa shape index (κ3) is 4.30. The first-order valence-corrected chi connectivity index (χ1v) is 13.8. The maximum absolute atomic E-state index is 13.8. The molecule has 0 radical (unpaired) electrons. The molecule has 1 aromatic carbocycles. The van der Waals surface area contributed by atoms with Crippen LogP contribution in [0.15, 0.2) is 22.7 Å². The lowest BCUT2D eigenvalue weighted by molar-refractivity contribution is -0.141. The largest absolute Gasteiger partial charge is 0.598 e. The van der Waals surface area contributed by atoms with E-state index in [9.17, 15) is 9.81 Å². The summed E-state index contributed by atoms with van der Waals surface area (Å²) in [5.74, 6) is 0.565. The molecule has 33 heavy (non-hydrogen) atoms. The highest BCUT2D eigenvalue weighted by atomic mass is 79.9. The lowest BCUT2D eigenvalue weighted by atomic mass is 9.53. The highest BCUT2D eigenvalue weighted by molar-refractivity contribution is 9.10. The van der Waals surface area contributed by atoms with Gasteiger partial charge in [-0.2, -0.15) is 5.26 Å². The Balaban J connectivity index is 2.36. The van der Waals surface area contributed by atoms with E-state index in [0.717, 1.165) is 29.3 Å². The van der Waals surface area contributed by atoms with Crippen molar-refractivity contribution >= 4 is 27.3 Å². The zero-order valence-corrected chi connectivity index (χ0v) is 23.7. The summed E-state index contributed by atoms with van der Waals surface area (Å²) < 4.78 is 30.0. The molecule has 0 bridgehead atoms. The normalized spacial score (nSPS) is 34.5. The first kappa shape index (κ1) is 27.0. The molecule has 3 rings (SSSR count). The molecule has 1 spiro atoms. The molecule has 1 N–H and O–H groups in total. The zero-order valence-electron chi connectivity index (χ0n) is 21.3. The van der Waals surface area contributed by atoms with Crippen LogP contribution in [0.1, 0.15) is 72.4 Å². The minimum atomic E-state index is -1.42. The van der Waals surface area contributed by atoms with Gasteiger partial charge in [-0.05, 0) is 89.0 Å². The van der Waals surface area contributed by atoms with Crippen LogP contribution in [0.4, 0.5) is 0 Å². The van der Waals surface area contributed by atoms with Gasteiger partial charge in [0, 0.05) is 35.0 Å². The number of rotatable bonds is 6. The first-order chi connectivity index (χ1) is 15.3. The first-order valence-electron chi connectivity index (χ1n) is 11.9. The Morgan fingerprint density at radius 1 is 1.24 bits per heavy atom. The van der Waals surface area contributed by atoms with Crippen LogP contribution in [0.25, 0.3) is 0 Å². The van der Waals surface area contributed by atoms with Crippen LogP contribution in [-0.4, -0.2) is 34.7 Å². The monoisotopic (exact) mass is 538 g/mol. The van der Waals surface area contributed by atoms with Crippen LogP contribution in [0.3, 0.4) is 0 Å². The third-order valence-corrected chi connectivity index (χ3v) is 9.88. The van der Waals surface area contributed by atoms with E-state index in [2.05, 4.69) is 58.8 Å². The summed E-state index contributed by atoms with van der Waals surface area (Å²) >= 11 is 2.24. The highest BCUT2D eigenvalue weighted by Gasteiger charge is 2.71. The molecule has 1 unspecified atom stereocenters. The molecular weight excluding hydrogens is 500 g/mol. The minimum Gasteiger partial charge on any atom is -0.598 e. The molecule has 184 valence electrons. The molecule has 0 aliphatic heterocycles. The molecule has 5 nitrogen and oxygen atoms in total. The van der Waals surface area contributed by atoms with Crippen LogP contribution in [-0.2, 0) is 32.8 Å². The number of benzene rings is 1. The van der Waals surface area contributed by atoms with E-state index in [1.54, 1.807) is 7.11 Å². The predicted molar refractivity (Wildman–Crippen MR) is 137 cm³/mol. The van der Waals surface area contributed by atoms with Crippen molar-refractivity contribution in [3.63, 3.8) is 0 Å². The molecule has 1 fully saturated rings. The molecule has 1 saturated carbocycles. The van der Waals surface area contributed by atoms with E-state index in [0.29, 0.717) is 6.61 Å². The minimum absolute atomic E-state index is 0.150. The van der Waals surface area contributed by atoms with E-state index in [1.807, 2.05) is 34.6 Å². The smallest absolute Gasteiger partial charge is 0.178 e. The van der Waals surface area contributed by atoms with Gasteiger partial charge in [0.05, 0.1) is 12.2 Å². The molecule has 7 heteroatoms. The van der Waals surface area contributed by atoms with Gasteiger partial charge in [-0.15, -0.1) is 4.72 Å². The van der Waals surface area contributed by atoms with Gasteiger partial charge in [0.1, 0.15) is 10.3 Å². The average Bonchev–Trinajstić information content (AvgIpc) is 2.96. The molecule has 7 atom stereocenters. The standard InChI is InChI=1S/C26H39BrN2O3S/c1-9-32-24(7,16-28)26(29-33(30)23(4,5)6)21-12-20(27)11-10-19(21)15-25(26)13-17(2)22(31-8)18(3)14-25/h10-12,17-18,22,29H,9,13-15H2,1-8H3/t17-,18+,22+,24?,25+,26-,33+/m1/s1. The van der Waals surface area contributed by atoms with Crippen molar-refractivity contribution in [2.45, 2.75) is 89.7 Å². The molecular formula is C26H39BrN2O3S. The van der Waals surface area contributed by atoms with Crippen molar-refractivity contribution in [2.24, 2.45) is 17.3 Å². The van der Waals surface area contributed by atoms with Gasteiger partial charge in [0.25, 0.3) is 0 Å². The fourth-order valence-corrected chi connectivity index (χ4v) is 8.15. The van der Waals surface area contributed by atoms with Crippen LogP contribution in [0, 0.1) is 28.6 Å². The summed E-state index contributed by atoms with van der Waals surface area (Å²) in [6.45, 7) is 14.5. The van der Waals surface area contributed by atoms with E-state index in [1.165, 1.54) is 5.56 Å². The molecule has 2 aliphatic carbocycles. The number of nitrogens with one attached hydrogen (secondary N) is 1. The topological polar surface area (TPSA) is 77.3 Å². The van der Waals surface area contributed by atoms with Crippen LogP contribution < -0.4 is 4.72 Å². The summed E-state index contributed by atoms with van der Waals surface area (Å²) in [6.07, 6.45) is 2.65. The van der Waals surface area contributed by atoms with Gasteiger partial charge in [0.2, 0.25) is 0 Å². The Labute approximate surface area is 211 Å². The van der Waals surface area contributed by atoms with Crippen LogP contribution >= 0.6 is 15.9 Å². The van der Waals surface area contributed by atoms with E-state index >= 15 is 0 Å². The Hall–Kier alpha value is -0.620. The Morgan fingerprint density at radius 2 is 1.85 bits per heavy atom. The van der Waals surface area contributed by atoms with Crippen LogP contribution in [0.5, 0.6) is 0 Å². The number of hydrogen-bond donors (Lipinski definition) is 1. The number of methoxy groups -OCH3 is 1. The van der Waals surface area contributed by atoms with Gasteiger partial charge >= 0.3 is 0 Å². The van der Waals surface area contributed by atoms with Gasteiger partial charge in [-0.25, -0.2) is 0 Å². The zero-order chi connectivity index (χ0) is 24.8. The summed E-state index contributed by atoms with van der Waals surface area (Å²) in [4.78, 5) is 0. The summed E-state index contributed by atoms with van der Waals surface area (Å²) in [6, 6.07) is 8.84. The lowest BCUT2D eigenvalue weighted by Gasteiger charge is -2.57. The fraction of sp³-hybridized carbons (Fsp3) is 0.731. The number of halogens is 1. The molecule has 0 aromatic heterocycles. The van der Waals surface area contributed by atoms with Crippen molar-refractivity contribution < 1.29 is 14.0 Å². The van der Waals surface area contributed by atoms with Crippen LogP contribution in [0.2, 0.25) is 0 Å². The third-order valence-electron chi connectivity index (χ3n) is 7.78. The second kappa shape index (κ2) is 9.44. The highest BCUT2D eigenvalue weighted by Crippen LogP contribution is 2.64. The number of nitriles is 1. The SMILES string of the molecule is CCOC(C)(C#N)[C@]1(N[S@@+]([O-])C(C)(C)C)c2cc(Br)ccc2C[C@@]12C[C@@H](C)[C@H](OC)[C@@H](C)C2. The second-order valence-corrected chi connectivity index (χ2v) is 14.0. The van der Waals surface area contributed by atoms with Crippen molar-refractivity contribution in [3.05, 3.63) is 33.8 Å². The van der Waals surface area contributed by atoms with E-state index < -0.39 is 27.2 Å². The predicted octanol–water partition coefficient (Wildman–Crippen LogP) is 5.64. The van der Waals surface area contributed by atoms with Crippen molar-refractivity contribution in [3.8, 4) is 6.07 Å². The lowest BCUT2D eigenvalue weighted by Crippen LogP contribution is -2.70. The molecule has 0 heterocycles. The van der Waals surface area contributed by atoms with Gasteiger partial charge in [0.15, 0.2) is 5.60 Å². The number of hydrogen-bond acceptors (Lipinski definition) is 5. The average molecular weight is 540 g/mol. The fourth-order valence-electron chi connectivity index (χ4n) is 6.69. The maximum Gasteiger partial charge on any atom is 0.178 e. The molecule has 0 amide bonds. The van der Waals surface area contributed by atoms with Crippen molar-refractivity contribution in [2.75, 3.05) is 13.7 Å². The number of fused-ring (bicyclic) bond motifs is 1. The van der Waals surface area contributed by atoms with E-state index in [-0.39, 0.29) is 23.4 Å². The quantitative estimate of drug-likeness (QED) is 0.474. The Morgan fingerprint density at radius 3 is 2.33 bits per heavy atom. The maximum atomic E-state index is 13.8. The Kier molecular flexibility index (Phi) is 7.72. The molecule has 0 saturated heterocycles. The van der Waals surface area contributed by atoms with Gasteiger partial charge in [-0.3, -0.25) is 0 Å². The second-order valence-electron chi connectivity index (χ2n) is 11.1. The van der Waals surface area contributed by atoms with Crippen molar-refractivity contribution in [1.82, 2.24) is 4.72 Å². The van der Waals surface area contributed by atoms with Crippen molar-refractivity contribution in [1.29, 1.82) is 5.26 Å². The molecule has 2 aliphatic rings. The number of ether oxygens (including phenoxy) is 2. The Bertz CT molecular complexity index is 902. The van der Waals surface area contributed by atoms with E-state index in [4.69, 9.17) is 9.47 Å². The van der Waals surface area contributed by atoms with Gasteiger partial charge < -0.3 is 14.0 Å². The number of nitrogens with zero attached hydrogens (tertiary/aromatic N) is 1. The summed E-state index contributed by atoms with van der Waals surface area (Å²) in [5, 5.41) is 10.6. The molecule has 1 aromatic rings. The summed E-state index contributed by atoms with van der Waals surface area (Å²) in [5.41, 5.74) is -0.336. The summed E-state index contributed by atoms with van der Waals surface area (Å²) in [7, 11) is 1.79.